The van der Waals surface area contributed by atoms with Crippen molar-refractivity contribution in [3.8, 4) is 5.75 Å². The van der Waals surface area contributed by atoms with E-state index in [2.05, 4.69) is 55.6 Å². The first kappa shape index (κ1) is 19.0. The average molecular weight is 361 g/mol. The van der Waals surface area contributed by atoms with E-state index < -0.39 is 0 Å². The van der Waals surface area contributed by atoms with E-state index in [1.54, 1.807) is 0 Å². The van der Waals surface area contributed by atoms with Gasteiger partial charge in [-0.3, -0.25) is 4.79 Å². The molecule has 1 unspecified atom stereocenters. The zero-order chi connectivity index (χ0) is 19.2. The molecule has 0 saturated carbocycles. The Kier molecular flexibility index (Phi) is 6.12. The van der Waals surface area contributed by atoms with Gasteiger partial charge in [-0.2, -0.15) is 0 Å². The van der Waals surface area contributed by atoms with E-state index in [1.807, 2.05) is 31.2 Å². The monoisotopic (exact) mass is 361 g/mol. The third kappa shape index (κ3) is 4.88. The number of aryl methyl sites for hydroxylation is 2. The molecule has 0 radical (unpaired) electrons. The van der Waals surface area contributed by atoms with Crippen LogP contribution >= 0.6 is 0 Å². The van der Waals surface area contributed by atoms with Gasteiger partial charge in [-0.1, -0.05) is 55.5 Å². The number of carbonyl (C=O) groups is 1. The van der Waals surface area contributed by atoms with Crippen LogP contribution in [0.25, 0.3) is 10.8 Å². The fraction of sp³-hybridized carbons (Fsp3) is 0.292. The van der Waals surface area contributed by atoms with Gasteiger partial charge in [-0.25, -0.2) is 0 Å². The van der Waals surface area contributed by atoms with E-state index in [1.165, 1.54) is 27.5 Å². The maximum absolute atomic E-state index is 12.4. The Morgan fingerprint density at radius 3 is 2.59 bits per heavy atom. The van der Waals surface area contributed by atoms with Crippen molar-refractivity contribution >= 4 is 16.7 Å². The molecule has 0 heterocycles. The van der Waals surface area contributed by atoms with Crippen molar-refractivity contribution < 1.29 is 9.53 Å². The Morgan fingerprint density at radius 2 is 1.78 bits per heavy atom. The topological polar surface area (TPSA) is 38.3 Å². The van der Waals surface area contributed by atoms with Crippen LogP contribution in [0, 0.1) is 19.8 Å². The molecular formula is C24H27NO2. The number of carbonyl (C=O) groups excluding carboxylic acids is 1. The number of amides is 1. The Balaban J connectivity index is 1.49. The fourth-order valence-corrected chi connectivity index (χ4v) is 3.21. The Morgan fingerprint density at radius 1 is 1.00 bits per heavy atom. The number of hydrogen-bond donors (Lipinski definition) is 1. The zero-order valence-electron chi connectivity index (χ0n) is 16.3. The van der Waals surface area contributed by atoms with E-state index in [4.69, 9.17) is 4.74 Å². The van der Waals surface area contributed by atoms with Gasteiger partial charge in [0, 0.05) is 5.92 Å². The van der Waals surface area contributed by atoms with E-state index in [0.29, 0.717) is 13.2 Å². The minimum atomic E-state index is -0.0857. The van der Waals surface area contributed by atoms with Crippen LogP contribution in [-0.2, 0) is 11.2 Å². The molecule has 3 nitrogen and oxygen atoms in total. The lowest BCUT2D eigenvalue weighted by molar-refractivity contribution is -0.124. The molecule has 0 saturated heterocycles. The van der Waals surface area contributed by atoms with Crippen molar-refractivity contribution in [2.75, 3.05) is 13.2 Å². The molecule has 1 N–H and O–H groups in total. The Bertz CT molecular complexity index is 927. The van der Waals surface area contributed by atoms with Crippen LogP contribution in [-0.4, -0.2) is 19.1 Å². The molecule has 0 aliphatic carbocycles. The third-order valence-corrected chi connectivity index (χ3v) is 5.00. The predicted molar refractivity (Wildman–Crippen MR) is 111 cm³/mol. The number of benzene rings is 3. The fourth-order valence-electron chi connectivity index (χ4n) is 3.21. The highest BCUT2D eigenvalue weighted by Crippen LogP contribution is 2.21. The van der Waals surface area contributed by atoms with E-state index in [0.717, 1.165) is 12.2 Å². The van der Waals surface area contributed by atoms with Gasteiger partial charge in [0.15, 0.2) is 0 Å². The van der Waals surface area contributed by atoms with Crippen molar-refractivity contribution in [1.29, 1.82) is 0 Å². The second-order valence-electron chi connectivity index (χ2n) is 7.13. The summed E-state index contributed by atoms with van der Waals surface area (Å²) in [5.41, 5.74) is 3.67. The molecular weight excluding hydrogens is 334 g/mol. The van der Waals surface area contributed by atoms with E-state index in [-0.39, 0.29) is 11.8 Å². The first-order valence-corrected chi connectivity index (χ1v) is 9.49. The molecule has 0 aliphatic rings. The van der Waals surface area contributed by atoms with Gasteiger partial charge in [-0.05, 0) is 59.9 Å². The maximum atomic E-state index is 12.4. The largest absolute Gasteiger partial charge is 0.492 e. The molecule has 140 valence electrons. The van der Waals surface area contributed by atoms with Crippen molar-refractivity contribution in [2.45, 2.75) is 27.2 Å². The smallest absolute Gasteiger partial charge is 0.223 e. The predicted octanol–water partition coefficient (Wildman–Crippen LogP) is 4.83. The van der Waals surface area contributed by atoms with Crippen LogP contribution in [0.1, 0.15) is 23.6 Å². The van der Waals surface area contributed by atoms with Crippen molar-refractivity contribution in [1.82, 2.24) is 5.32 Å². The van der Waals surface area contributed by atoms with Crippen LogP contribution in [0.5, 0.6) is 5.75 Å². The minimum absolute atomic E-state index is 0.0617. The van der Waals surface area contributed by atoms with E-state index in [9.17, 15) is 4.79 Å². The second-order valence-corrected chi connectivity index (χ2v) is 7.13. The van der Waals surface area contributed by atoms with Crippen LogP contribution in [0.15, 0.2) is 60.7 Å². The molecule has 1 atom stereocenters. The lowest BCUT2D eigenvalue weighted by Crippen LogP contribution is -2.33. The summed E-state index contributed by atoms with van der Waals surface area (Å²) in [6.07, 6.45) is 0.727. The Hall–Kier alpha value is -2.81. The molecule has 1 amide bonds. The van der Waals surface area contributed by atoms with Gasteiger partial charge in [-0.15, -0.1) is 0 Å². The number of fused-ring (bicyclic) bond motifs is 1. The number of hydrogen-bond acceptors (Lipinski definition) is 2. The van der Waals surface area contributed by atoms with Crippen LogP contribution in [0.2, 0.25) is 0 Å². The molecule has 0 bridgehead atoms. The highest BCUT2D eigenvalue weighted by molar-refractivity contribution is 5.86. The normalized spacial score (nSPS) is 12.0. The molecule has 0 aromatic heterocycles. The quantitative estimate of drug-likeness (QED) is 0.612. The van der Waals surface area contributed by atoms with E-state index >= 15 is 0 Å². The van der Waals surface area contributed by atoms with Crippen molar-refractivity contribution in [3.63, 3.8) is 0 Å². The van der Waals surface area contributed by atoms with Gasteiger partial charge in [0.1, 0.15) is 12.4 Å². The number of rotatable bonds is 7. The first-order chi connectivity index (χ1) is 13.0. The van der Waals surface area contributed by atoms with Gasteiger partial charge >= 0.3 is 0 Å². The number of nitrogens with one attached hydrogen (secondary N) is 1. The summed E-state index contributed by atoms with van der Waals surface area (Å²) in [4.78, 5) is 12.4. The molecule has 3 rings (SSSR count). The van der Waals surface area contributed by atoms with Crippen LogP contribution in [0.4, 0.5) is 0 Å². The lowest BCUT2D eigenvalue weighted by atomic mass is 9.95. The van der Waals surface area contributed by atoms with Crippen LogP contribution in [0.3, 0.4) is 0 Å². The summed E-state index contributed by atoms with van der Waals surface area (Å²) in [6.45, 7) is 7.10. The first-order valence-electron chi connectivity index (χ1n) is 9.49. The second kappa shape index (κ2) is 8.72. The summed E-state index contributed by atoms with van der Waals surface area (Å²) >= 11 is 0. The van der Waals surface area contributed by atoms with Crippen molar-refractivity contribution in [2.24, 2.45) is 5.92 Å². The summed E-state index contributed by atoms with van der Waals surface area (Å²) in [6, 6.07) is 20.6. The molecule has 3 aromatic carbocycles. The summed E-state index contributed by atoms with van der Waals surface area (Å²) in [7, 11) is 0. The summed E-state index contributed by atoms with van der Waals surface area (Å²) in [5.74, 6) is 0.820. The average Bonchev–Trinajstić information content (AvgIpc) is 2.68. The standard InChI is InChI=1S/C24H27NO2/c1-17-11-12-22(16-18(17)2)27-14-13-25-24(26)19(3)15-21-9-6-8-20-7-4-5-10-23(20)21/h4-12,16,19H,13-15H2,1-3H3,(H,25,26). The zero-order valence-corrected chi connectivity index (χ0v) is 16.3. The molecule has 0 fully saturated rings. The van der Waals surface area contributed by atoms with Crippen LogP contribution < -0.4 is 10.1 Å². The highest BCUT2D eigenvalue weighted by Gasteiger charge is 2.14. The maximum Gasteiger partial charge on any atom is 0.223 e. The third-order valence-electron chi connectivity index (χ3n) is 5.00. The lowest BCUT2D eigenvalue weighted by Gasteiger charge is -2.14. The molecule has 3 aromatic rings. The number of ether oxygens (including phenoxy) is 1. The molecule has 0 spiro atoms. The van der Waals surface area contributed by atoms with Gasteiger partial charge in [0.05, 0.1) is 6.54 Å². The summed E-state index contributed by atoms with van der Waals surface area (Å²) in [5, 5.41) is 5.42. The summed E-state index contributed by atoms with van der Waals surface area (Å²) < 4.78 is 5.73. The molecule has 27 heavy (non-hydrogen) atoms. The molecule has 3 heteroatoms. The van der Waals surface area contributed by atoms with Gasteiger partial charge in [0.25, 0.3) is 0 Å². The SMILES string of the molecule is Cc1ccc(OCCNC(=O)C(C)Cc2cccc3ccccc23)cc1C. The van der Waals surface area contributed by atoms with Gasteiger partial charge in [0.2, 0.25) is 5.91 Å². The molecule has 0 aliphatic heterocycles. The van der Waals surface area contributed by atoms with Crippen molar-refractivity contribution in [3.05, 3.63) is 77.4 Å². The Labute approximate surface area is 161 Å². The van der Waals surface area contributed by atoms with Gasteiger partial charge < -0.3 is 10.1 Å². The minimum Gasteiger partial charge on any atom is -0.492 e. The highest BCUT2D eigenvalue weighted by atomic mass is 16.5.